The van der Waals surface area contributed by atoms with Gasteiger partial charge in [-0.1, -0.05) is 109 Å². The van der Waals surface area contributed by atoms with Crippen LogP contribution in [0.15, 0.2) is 126 Å². The molecule has 3 N–H and O–H groups in total. The first kappa shape index (κ1) is 25.1. The van der Waals surface area contributed by atoms with E-state index in [-0.39, 0.29) is 18.1 Å². The fourth-order valence-electron chi connectivity index (χ4n) is 4.42. The van der Waals surface area contributed by atoms with Crippen molar-refractivity contribution in [2.75, 3.05) is 5.75 Å². The highest BCUT2D eigenvalue weighted by Crippen LogP contribution is 2.39. The SMILES string of the molecule is NC(=O)[C@H](CC[S@](=O)c1ccccc1)NC(=O)C(c1ccccc1)(c1ccccc1)c1ccccc1. The number of carbonyl (C=O) groups is 2. The van der Waals surface area contributed by atoms with Gasteiger partial charge < -0.3 is 11.1 Å². The molecular formula is C30H28N2O3S. The van der Waals surface area contributed by atoms with Gasteiger partial charge in [0, 0.05) is 10.6 Å². The Morgan fingerprint density at radius 3 is 1.47 bits per heavy atom. The Morgan fingerprint density at radius 2 is 1.08 bits per heavy atom. The third-order valence-electron chi connectivity index (χ3n) is 6.21. The molecule has 0 heterocycles. The lowest BCUT2D eigenvalue weighted by atomic mass is 9.68. The van der Waals surface area contributed by atoms with E-state index >= 15 is 0 Å². The summed E-state index contributed by atoms with van der Waals surface area (Å²) < 4.78 is 12.8. The van der Waals surface area contributed by atoms with Crippen molar-refractivity contribution < 1.29 is 13.8 Å². The van der Waals surface area contributed by atoms with Crippen LogP contribution in [0, 0.1) is 0 Å². The van der Waals surface area contributed by atoms with E-state index in [0.717, 1.165) is 16.7 Å². The number of amides is 2. The van der Waals surface area contributed by atoms with Crippen molar-refractivity contribution in [1.29, 1.82) is 0 Å². The summed E-state index contributed by atoms with van der Waals surface area (Å²) in [6.45, 7) is 0. The molecule has 0 bridgehead atoms. The maximum absolute atomic E-state index is 14.3. The Bertz CT molecular complexity index is 1220. The molecule has 0 spiro atoms. The molecule has 0 aromatic heterocycles. The van der Waals surface area contributed by atoms with Crippen molar-refractivity contribution in [1.82, 2.24) is 5.32 Å². The number of nitrogens with one attached hydrogen (secondary N) is 1. The van der Waals surface area contributed by atoms with Crippen molar-refractivity contribution in [3.05, 3.63) is 138 Å². The minimum absolute atomic E-state index is 0.150. The van der Waals surface area contributed by atoms with Crippen molar-refractivity contribution in [2.24, 2.45) is 5.73 Å². The first-order valence-electron chi connectivity index (χ1n) is 11.7. The Morgan fingerprint density at radius 1 is 0.694 bits per heavy atom. The topological polar surface area (TPSA) is 89.3 Å². The van der Waals surface area contributed by atoms with Gasteiger partial charge in [-0.3, -0.25) is 13.8 Å². The zero-order valence-electron chi connectivity index (χ0n) is 19.7. The Labute approximate surface area is 213 Å². The molecule has 4 aromatic carbocycles. The van der Waals surface area contributed by atoms with Crippen molar-refractivity contribution in [2.45, 2.75) is 22.8 Å². The fraction of sp³-hybridized carbons (Fsp3) is 0.133. The summed E-state index contributed by atoms with van der Waals surface area (Å²) in [5.74, 6) is -0.857. The summed E-state index contributed by atoms with van der Waals surface area (Å²) in [5, 5.41) is 2.91. The third-order valence-corrected chi connectivity index (χ3v) is 7.61. The van der Waals surface area contributed by atoms with Gasteiger partial charge in [-0.2, -0.15) is 0 Å². The van der Waals surface area contributed by atoms with E-state index < -0.39 is 28.2 Å². The van der Waals surface area contributed by atoms with Gasteiger partial charge in [0.1, 0.15) is 11.5 Å². The van der Waals surface area contributed by atoms with Crippen LogP contribution in [0.2, 0.25) is 0 Å². The van der Waals surface area contributed by atoms with Crippen LogP contribution in [0.4, 0.5) is 0 Å². The van der Waals surface area contributed by atoms with E-state index in [9.17, 15) is 13.8 Å². The van der Waals surface area contributed by atoms with Gasteiger partial charge in [-0.25, -0.2) is 0 Å². The first-order valence-corrected chi connectivity index (χ1v) is 13.1. The molecule has 0 aliphatic rings. The summed E-state index contributed by atoms with van der Waals surface area (Å²) in [6.07, 6.45) is 0.150. The van der Waals surface area contributed by atoms with Crippen molar-refractivity contribution in [3.8, 4) is 0 Å². The number of hydrogen-bond donors (Lipinski definition) is 2. The normalized spacial score (nSPS) is 12.9. The minimum atomic E-state index is -1.32. The Balaban J connectivity index is 1.73. The maximum atomic E-state index is 14.3. The van der Waals surface area contributed by atoms with Gasteiger partial charge in [-0.05, 0) is 35.2 Å². The van der Waals surface area contributed by atoms with Gasteiger partial charge in [-0.15, -0.1) is 0 Å². The van der Waals surface area contributed by atoms with Gasteiger partial charge in [0.25, 0.3) is 0 Å². The number of nitrogens with two attached hydrogens (primary N) is 1. The third kappa shape index (κ3) is 5.29. The van der Waals surface area contributed by atoms with Crippen molar-refractivity contribution in [3.63, 3.8) is 0 Å². The van der Waals surface area contributed by atoms with Crippen LogP contribution in [0.1, 0.15) is 23.1 Å². The average molecular weight is 497 g/mol. The second kappa shape index (κ2) is 11.6. The lowest BCUT2D eigenvalue weighted by Crippen LogP contribution is -2.53. The number of rotatable bonds is 10. The highest BCUT2D eigenvalue weighted by atomic mass is 32.2. The summed E-state index contributed by atoms with van der Waals surface area (Å²) in [6, 6.07) is 36.5. The summed E-state index contributed by atoms with van der Waals surface area (Å²) in [7, 11) is -1.32. The lowest BCUT2D eigenvalue weighted by Gasteiger charge is -2.35. The summed E-state index contributed by atoms with van der Waals surface area (Å²) in [5.41, 5.74) is 6.77. The van der Waals surface area contributed by atoms with E-state index in [2.05, 4.69) is 5.32 Å². The number of primary amides is 1. The van der Waals surface area contributed by atoms with E-state index in [1.807, 2.05) is 109 Å². The predicted molar refractivity (Wildman–Crippen MR) is 143 cm³/mol. The molecule has 36 heavy (non-hydrogen) atoms. The quantitative estimate of drug-likeness (QED) is 0.323. The number of hydrogen-bond acceptors (Lipinski definition) is 3. The van der Waals surface area contributed by atoms with Crippen LogP contribution >= 0.6 is 0 Å². The van der Waals surface area contributed by atoms with E-state index in [1.165, 1.54) is 0 Å². The van der Waals surface area contributed by atoms with Gasteiger partial charge >= 0.3 is 0 Å². The molecule has 6 heteroatoms. The number of benzene rings is 4. The van der Waals surface area contributed by atoms with E-state index in [0.29, 0.717) is 4.90 Å². The van der Waals surface area contributed by atoms with E-state index in [4.69, 9.17) is 5.73 Å². The molecular weight excluding hydrogens is 468 g/mol. The standard InChI is InChI=1S/C30H28N2O3S/c31-28(33)27(21-22-36(35)26-19-11-4-12-20-26)32-29(34)30(23-13-5-1-6-14-23,24-15-7-2-8-16-24)25-17-9-3-10-18-25/h1-20,27H,21-22H2,(H2,31,33)(H,32,34)/t27-,36-/m0/s1. The van der Waals surface area contributed by atoms with Crippen LogP contribution in [-0.2, 0) is 25.8 Å². The molecule has 5 nitrogen and oxygen atoms in total. The fourth-order valence-corrected chi connectivity index (χ4v) is 5.57. The second-order valence-electron chi connectivity index (χ2n) is 8.43. The number of carbonyl (C=O) groups excluding carboxylic acids is 2. The van der Waals surface area contributed by atoms with Gasteiger partial charge in [0.2, 0.25) is 11.8 Å². The zero-order chi connectivity index (χ0) is 25.4. The molecule has 4 aromatic rings. The smallest absolute Gasteiger partial charge is 0.240 e. The predicted octanol–water partition coefficient (Wildman–Crippen LogP) is 4.19. The average Bonchev–Trinajstić information content (AvgIpc) is 2.93. The van der Waals surface area contributed by atoms with Crippen LogP contribution in [0.3, 0.4) is 0 Å². The second-order valence-corrected chi connectivity index (χ2v) is 10.00. The lowest BCUT2D eigenvalue weighted by molar-refractivity contribution is -0.129. The maximum Gasteiger partial charge on any atom is 0.240 e. The monoisotopic (exact) mass is 496 g/mol. The largest absolute Gasteiger partial charge is 0.368 e. The molecule has 0 radical (unpaired) electrons. The van der Waals surface area contributed by atoms with Crippen LogP contribution in [0.5, 0.6) is 0 Å². The molecule has 0 aliphatic carbocycles. The van der Waals surface area contributed by atoms with Gasteiger partial charge in [0.15, 0.2) is 0 Å². The molecule has 2 atom stereocenters. The zero-order valence-corrected chi connectivity index (χ0v) is 20.6. The molecule has 182 valence electrons. The molecule has 0 saturated heterocycles. The first-order chi connectivity index (χ1) is 17.5. The molecule has 0 aliphatic heterocycles. The molecule has 4 rings (SSSR count). The minimum Gasteiger partial charge on any atom is -0.368 e. The van der Waals surface area contributed by atoms with E-state index in [1.54, 1.807) is 12.1 Å². The highest BCUT2D eigenvalue weighted by molar-refractivity contribution is 7.85. The van der Waals surface area contributed by atoms with Crippen molar-refractivity contribution >= 4 is 22.6 Å². The Kier molecular flexibility index (Phi) is 8.08. The van der Waals surface area contributed by atoms with Crippen LogP contribution in [-0.4, -0.2) is 27.8 Å². The van der Waals surface area contributed by atoms with Gasteiger partial charge in [0.05, 0.1) is 10.8 Å². The van der Waals surface area contributed by atoms with Crippen LogP contribution in [0.25, 0.3) is 0 Å². The molecule has 0 unspecified atom stereocenters. The highest BCUT2D eigenvalue weighted by Gasteiger charge is 2.44. The molecule has 0 saturated carbocycles. The molecule has 0 fully saturated rings. The Hall–Kier alpha value is -4.03. The summed E-state index contributed by atoms with van der Waals surface area (Å²) in [4.78, 5) is 27.4. The summed E-state index contributed by atoms with van der Waals surface area (Å²) >= 11 is 0. The molecule has 2 amide bonds. The van der Waals surface area contributed by atoms with Crippen LogP contribution < -0.4 is 11.1 Å².